The minimum atomic E-state index is -0.667. The minimum absolute atomic E-state index is 0.0142. The quantitative estimate of drug-likeness (QED) is 0.189. The van der Waals surface area contributed by atoms with Crippen LogP contribution in [0.15, 0.2) is 23.8 Å². The molecule has 0 unspecified atom stereocenters. The molecule has 0 radical (unpaired) electrons. The van der Waals surface area contributed by atoms with Crippen molar-refractivity contribution in [3.05, 3.63) is 23.8 Å². The number of hydrogen-bond donors (Lipinski definition) is 3. The number of rotatable bonds is 15. The summed E-state index contributed by atoms with van der Waals surface area (Å²) >= 11 is 0. The fraction of sp³-hybridized carbons (Fsp3) is 0.778. The number of aliphatic hydroxyl groups is 2. The van der Waals surface area contributed by atoms with Crippen LogP contribution in [-0.4, -0.2) is 46.9 Å². The van der Waals surface area contributed by atoms with Crippen LogP contribution in [-0.2, 0) is 14.3 Å². The van der Waals surface area contributed by atoms with Gasteiger partial charge in [0.05, 0.1) is 24.7 Å². The highest BCUT2D eigenvalue weighted by Gasteiger charge is 2.43. The number of esters is 1. The van der Waals surface area contributed by atoms with Crippen LogP contribution in [0.3, 0.4) is 0 Å². The molecule has 2 aliphatic rings. The van der Waals surface area contributed by atoms with E-state index in [0.29, 0.717) is 37.8 Å². The molecule has 1 amide bonds. The van der Waals surface area contributed by atoms with Crippen LogP contribution in [0.5, 0.6) is 0 Å². The summed E-state index contributed by atoms with van der Waals surface area (Å²) in [5, 5.41) is 23.8. The van der Waals surface area contributed by atoms with E-state index in [0.717, 1.165) is 51.4 Å². The van der Waals surface area contributed by atoms with Crippen LogP contribution >= 0.6 is 0 Å². The number of unbranched alkanes of at least 4 members (excludes halogenated alkanes) is 2. The van der Waals surface area contributed by atoms with E-state index >= 15 is 0 Å². The molecule has 0 aromatic heterocycles. The van der Waals surface area contributed by atoms with Crippen molar-refractivity contribution in [1.82, 2.24) is 5.32 Å². The highest BCUT2D eigenvalue weighted by atomic mass is 16.5. The van der Waals surface area contributed by atoms with Crippen LogP contribution in [0, 0.1) is 17.8 Å². The first-order valence-electron chi connectivity index (χ1n) is 12.9. The van der Waals surface area contributed by atoms with Gasteiger partial charge in [0.25, 0.3) is 0 Å². The number of nitrogens with one attached hydrogen (secondary N) is 1. The predicted molar refractivity (Wildman–Crippen MR) is 130 cm³/mol. The lowest BCUT2D eigenvalue weighted by molar-refractivity contribution is -0.143. The Morgan fingerprint density at radius 3 is 2.76 bits per heavy atom. The summed E-state index contributed by atoms with van der Waals surface area (Å²) in [4.78, 5) is 23.2. The predicted octanol–water partition coefficient (Wildman–Crippen LogP) is 4.45. The second kappa shape index (κ2) is 13.9. The van der Waals surface area contributed by atoms with Crippen LogP contribution < -0.4 is 5.32 Å². The van der Waals surface area contributed by atoms with E-state index in [1.54, 1.807) is 6.92 Å². The maximum absolute atomic E-state index is 11.9. The standard InChI is InChI=1S/C27H45NO5/c1-4-6-14-27(3,32)15-9-11-22-23-18-20(17-21(23)19-24(22)29)10-7-8-12-25(30)28-16-13-26(31)33-5-2/h9,11,17,21-24,29,32H,4-8,10,12-16,18-19H2,1-3H3,(H,28,30)/b11-9+/t21-,22+,23-,24+,27-/m0/s1. The first-order valence-corrected chi connectivity index (χ1v) is 12.9. The molecule has 0 bridgehead atoms. The van der Waals surface area contributed by atoms with Crippen molar-refractivity contribution in [3.63, 3.8) is 0 Å². The van der Waals surface area contributed by atoms with Crippen LogP contribution in [0.2, 0.25) is 0 Å². The molecular weight excluding hydrogens is 418 g/mol. The van der Waals surface area contributed by atoms with Crippen molar-refractivity contribution in [2.75, 3.05) is 13.2 Å². The highest BCUT2D eigenvalue weighted by Crippen LogP contribution is 2.48. The van der Waals surface area contributed by atoms with Gasteiger partial charge in [-0.2, -0.15) is 0 Å². The average molecular weight is 464 g/mol. The molecule has 6 nitrogen and oxygen atoms in total. The van der Waals surface area contributed by atoms with Gasteiger partial charge in [-0.1, -0.05) is 43.6 Å². The largest absolute Gasteiger partial charge is 0.466 e. The smallest absolute Gasteiger partial charge is 0.307 e. The van der Waals surface area contributed by atoms with Crippen molar-refractivity contribution in [2.45, 2.75) is 103 Å². The topological polar surface area (TPSA) is 95.9 Å². The van der Waals surface area contributed by atoms with Gasteiger partial charge in [0.15, 0.2) is 0 Å². The molecule has 1 saturated carbocycles. The summed E-state index contributed by atoms with van der Waals surface area (Å²) in [5.74, 6) is 0.765. The Balaban J connectivity index is 1.67. The third-order valence-corrected chi connectivity index (χ3v) is 7.04. The zero-order valence-corrected chi connectivity index (χ0v) is 20.9. The number of allylic oxidation sites excluding steroid dienone is 2. The van der Waals surface area contributed by atoms with Gasteiger partial charge in [0.1, 0.15) is 0 Å². The fourth-order valence-corrected chi connectivity index (χ4v) is 5.19. The summed E-state index contributed by atoms with van der Waals surface area (Å²) in [7, 11) is 0. The Morgan fingerprint density at radius 1 is 1.24 bits per heavy atom. The van der Waals surface area contributed by atoms with Crippen LogP contribution in [0.1, 0.15) is 91.4 Å². The lowest BCUT2D eigenvalue weighted by Gasteiger charge is -2.22. The maximum Gasteiger partial charge on any atom is 0.307 e. The van der Waals surface area contributed by atoms with E-state index < -0.39 is 5.60 Å². The third-order valence-electron chi connectivity index (χ3n) is 7.04. The van der Waals surface area contributed by atoms with E-state index in [-0.39, 0.29) is 30.3 Å². The number of carbonyl (C=O) groups is 2. The van der Waals surface area contributed by atoms with E-state index in [2.05, 4.69) is 30.5 Å². The number of ether oxygens (including phenoxy) is 1. The van der Waals surface area contributed by atoms with E-state index in [9.17, 15) is 19.8 Å². The minimum Gasteiger partial charge on any atom is -0.466 e. The third kappa shape index (κ3) is 9.62. The molecule has 188 valence electrons. The normalized spacial score (nSPS) is 26.2. The number of amides is 1. The molecule has 6 heteroatoms. The van der Waals surface area contributed by atoms with Crippen molar-refractivity contribution in [2.24, 2.45) is 17.8 Å². The fourth-order valence-electron chi connectivity index (χ4n) is 5.19. The van der Waals surface area contributed by atoms with Crippen molar-refractivity contribution in [1.29, 1.82) is 0 Å². The van der Waals surface area contributed by atoms with Crippen LogP contribution in [0.4, 0.5) is 0 Å². The highest BCUT2D eigenvalue weighted by molar-refractivity contribution is 5.76. The maximum atomic E-state index is 11.9. The zero-order chi connectivity index (χ0) is 24.3. The van der Waals surface area contributed by atoms with Gasteiger partial charge >= 0.3 is 5.97 Å². The molecule has 3 N–H and O–H groups in total. The van der Waals surface area contributed by atoms with Crippen molar-refractivity contribution >= 4 is 11.9 Å². The summed E-state index contributed by atoms with van der Waals surface area (Å²) in [6.07, 6.45) is 15.2. The molecule has 2 aliphatic carbocycles. The zero-order valence-electron chi connectivity index (χ0n) is 20.9. The summed E-state index contributed by atoms with van der Waals surface area (Å²) in [6.45, 7) is 6.49. The molecule has 0 saturated heterocycles. The molecule has 0 heterocycles. The Morgan fingerprint density at radius 2 is 2.03 bits per heavy atom. The molecule has 1 fully saturated rings. The molecule has 0 aromatic carbocycles. The number of aliphatic hydroxyl groups excluding tert-OH is 1. The van der Waals surface area contributed by atoms with Gasteiger partial charge in [-0.25, -0.2) is 0 Å². The Bertz CT molecular complexity index is 684. The molecule has 0 aromatic rings. The van der Waals surface area contributed by atoms with Gasteiger partial charge in [0, 0.05) is 18.9 Å². The second-order valence-corrected chi connectivity index (χ2v) is 10.1. The first kappa shape index (κ1) is 27.6. The Kier molecular flexibility index (Phi) is 11.6. The lowest BCUT2D eigenvalue weighted by atomic mass is 9.87. The number of carbonyl (C=O) groups excluding carboxylic acids is 2. The van der Waals surface area contributed by atoms with Gasteiger partial charge in [-0.15, -0.1) is 0 Å². The summed E-state index contributed by atoms with van der Waals surface area (Å²) < 4.78 is 4.85. The molecule has 0 spiro atoms. The van der Waals surface area contributed by atoms with E-state index in [1.807, 2.05) is 6.92 Å². The molecule has 5 atom stereocenters. The molecule has 33 heavy (non-hydrogen) atoms. The summed E-state index contributed by atoms with van der Waals surface area (Å²) in [5.41, 5.74) is 0.785. The average Bonchev–Trinajstić information content (AvgIpc) is 3.27. The van der Waals surface area contributed by atoms with Gasteiger partial charge in [0.2, 0.25) is 5.91 Å². The Hall–Kier alpha value is -1.66. The SMILES string of the molecule is CCCC[C@](C)(O)C/C=C/[C@@H]1[C@H]2CC(CCCCC(=O)NCCC(=O)OCC)=C[C@H]2C[C@H]1O. The molecule has 2 rings (SSSR count). The summed E-state index contributed by atoms with van der Waals surface area (Å²) in [6, 6.07) is 0. The first-order chi connectivity index (χ1) is 15.8. The van der Waals surface area contributed by atoms with E-state index in [1.165, 1.54) is 5.57 Å². The monoisotopic (exact) mass is 463 g/mol. The molecular formula is C27H45NO5. The molecule has 0 aliphatic heterocycles. The van der Waals surface area contributed by atoms with Gasteiger partial charge in [-0.05, 0) is 70.6 Å². The van der Waals surface area contributed by atoms with Crippen molar-refractivity contribution < 1.29 is 24.5 Å². The Labute approximate surface area is 199 Å². The second-order valence-electron chi connectivity index (χ2n) is 10.1. The van der Waals surface area contributed by atoms with Gasteiger partial charge in [-0.3, -0.25) is 9.59 Å². The van der Waals surface area contributed by atoms with Crippen molar-refractivity contribution in [3.8, 4) is 0 Å². The van der Waals surface area contributed by atoms with Crippen LogP contribution in [0.25, 0.3) is 0 Å². The number of fused-ring (bicyclic) bond motifs is 1. The van der Waals surface area contributed by atoms with Gasteiger partial charge < -0.3 is 20.3 Å². The number of hydrogen-bond acceptors (Lipinski definition) is 5. The van der Waals surface area contributed by atoms with E-state index in [4.69, 9.17) is 4.74 Å². The lowest BCUT2D eigenvalue weighted by Crippen LogP contribution is -2.26.